The largest absolute Gasteiger partial charge is 0.342 e. The molecule has 0 bridgehead atoms. The Kier molecular flexibility index (Phi) is 5.22. The summed E-state index contributed by atoms with van der Waals surface area (Å²) < 4.78 is 0. The molecule has 1 saturated heterocycles. The van der Waals surface area contributed by atoms with Crippen LogP contribution >= 0.6 is 0 Å². The van der Waals surface area contributed by atoms with E-state index in [0.29, 0.717) is 5.91 Å². The van der Waals surface area contributed by atoms with Gasteiger partial charge in [0, 0.05) is 19.0 Å². The Labute approximate surface area is 123 Å². The van der Waals surface area contributed by atoms with Crippen LogP contribution in [0, 0.1) is 18.8 Å². The van der Waals surface area contributed by atoms with Gasteiger partial charge in [-0.15, -0.1) is 0 Å². The summed E-state index contributed by atoms with van der Waals surface area (Å²) in [6, 6.07) is 8.87. The molecule has 0 spiro atoms. The molecule has 0 saturated carbocycles. The molecule has 2 nitrogen and oxygen atoms in total. The summed E-state index contributed by atoms with van der Waals surface area (Å²) in [6.07, 6.45) is 4.77. The van der Waals surface area contributed by atoms with Crippen molar-refractivity contribution < 1.29 is 4.79 Å². The van der Waals surface area contributed by atoms with E-state index in [9.17, 15) is 4.79 Å². The van der Waals surface area contributed by atoms with Gasteiger partial charge in [0.1, 0.15) is 0 Å². The summed E-state index contributed by atoms with van der Waals surface area (Å²) in [5.74, 6) is 1.24. The number of piperidine rings is 1. The van der Waals surface area contributed by atoms with Crippen molar-refractivity contribution in [2.24, 2.45) is 11.8 Å². The minimum absolute atomic E-state index is 0.138. The first kappa shape index (κ1) is 15.1. The standard InChI is InChI=1S/C18H27NO/c1-14(2)18(20)19-12-10-17(11-13-19)9-8-16-6-4-15(3)5-7-16/h4-7,14,17H,8-13H2,1-3H3. The molecule has 1 amide bonds. The van der Waals surface area contributed by atoms with E-state index >= 15 is 0 Å². The molecule has 0 aliphatic carbocycles. The SMILES string of the molecule is Cc1ccc(CCC2CCN(C(=O)C(C)C)CC2)cc1. The van der Waals surface area contributed by atoms with Crippen molar-refractivity contribution in [2.45, 2.75) is 46.5 Å². The number of likely N-dealkylation sites (tertiary alicyclic amines) is 1. The first-order valence-electron chi connectivity index (χ1n) is 7.90. The lowest BCUT2D eigenvalue weighted by atomic mass is 9.90. The number of carbonyl (C=O) groups is 1. The number of hydrogen-bond donors (Lipinski definition) is 0. The van der Waals surface area contributed by atoms with E-state index in [4.69, 9.17) is 0 Å². The molecule has 2 heteroatoms. The number of benzene rings is 1. The molecule has 0 radical (unpaired) electrons. The van der Waals surface area contributed by atoms with Crippen molar-refractivity contribution >= 4 is 5.91 Å². The molecular weight excluding hydrogens is 246 g/mol. The summed E-state index contributed by atoms with van der Waals surface area (Å²) in [7, 11) is 0. The van der Waals surface area contributed by atoms with Crippen molar-refractivity contribution in [3.8, 4) is 0 Å². The minimum Gasteiger partial charge on any atom is -0.342 e. The van der Waals surface area contributed by atoms with E-state index in [1.807, 2.05) is 18.7 Å². The third-order valence-corrected chi connectivity index (χ3v) is 4.38. The predicted molar refractivity (Wildman–Crippen MR) is 83.6 cm³/mol. The lowest BCUT2D eigenvalue weighted by molar-refractivity contribution is -0.135. The highest BCUT2D eigenvalue weighted by Gasteiger charge is 2.23. The number of nitrogens with zero attached hydrogens (tertiary/aromatic N) is 1. The van der Waals surface area contributed by atoms with Gasteiger partial charge in [-0.2, -0.15) is 0 Å². The minimum atomic E-state index is 0.138. The summed E-state index contributed by atoms with van der Waals surface area (Å²) in [4.78, 5) is 14.0. The zero-order valence-electron chi connectivity index (χ0n) is 13.1. The van der Waals surface area contributed by atoms with Crippen molar-refractivity contribution in [3.05, 3.63) is 35.4 Å². The molecule has 1 aromatic carbocycles. The molecule has 1 fully saturated rings. The van der Waals surface area contributed by atoms with E-state index < -0.39 is 0 Å². The molecule has 1 aliphatic heterocycles. The smallest absolute Gasteiger partial charge is 0.225 e. The maximum Gasteiger partial charge on any atom is 0.225 e. The maximum atomic E-state index is 11.9. The molecule has 20 heavy (non-hydrogen) atoms. The number of hydrogen-bond acceptors (Lipinski definition) is 1. The van der Waals surface area contributed by atoms with Crippen LogP contribution in [-0.4, -0.2) is 23.9 Å². The van der Waals surface area contributed by atoms with Crippen LogP contribution in [0.2, 0.25) is 0 Å². The average Bonchev–Trinajstić information content (AvgIpc) is 2.46. The third-order valence-electron chi connectivity index (χ3n) is 4.38. The first-order chi connectivity index (χ1) is 9.56. The quantitative estimate of drug-likeness (QED) is 0.816. The summed E-state index contributed by atoms with van der Waals surface area (Å²) in [5, 5.41) is 0. The summed E-state index contributed by atoms with van der Waals surface area (Å²) in [5.41, 5.74) is 2.77. The number of amides is 1. The van der Waals surface area contributed by atoms with E-state index in [1.165, 1.54) is 36.8 Å². The second-order valence-corrected chi connectivity index (χ2v) is 6.45. The average molecular weight is 273 g/mol. The van der Waals surface area contributed by atoms with Gasteiger partial charge in [0.25, 0.3) is 0 Å². The topological polar surface area (TPSA) is 20.3 Å². The summed E-state index contributed by atoms with van der Waals surface area (Å²) in [6.45, 7) is 8.02. The van der Waals surface area contributed by atoms with Crippen LogP contribution < -0.4 is 0 Å². The van der Waals surface area contributed by atoms with Crippen LogP contribution in [0.1, 0.15) is 44.2 Å². The van der Waals surface area contributed by atoms with Crippen LogP contribution in [0.25, 0.3) is 0 Å². The highest BCUT2D eigenvalue weighted by atomic mass is 16.2. The normalized spacial score (nSPS) is 16.7. The van der Waals surface area contributed by atoms with Crippen molar-refractivity contribution in [1.82, 2.24) is 4.90 Å². The van der Waals surface area contributed by atoms with Gasteiger partial charge in [-0.1, -0.05) is 43.7 Å². The van der Waals surface area contributed by atoms with Gasteiger partial charge in [-0.25, -0.2) is 0 Å². The second kappa shape index (κ2) is 6.92. The van der Waals surface area contributed by atoms with Crippen LogP contribution in [0.15, 0.2) is 24.3 Å². The van der Waals surface area contributed by atoms with E-state index in [0.717, 1.165) is 19.0 Å². The Hall–Kier alpha value is -1.31. The Morgan fingerprint density at radius 3 is 2.35 bits per heavy atom. The fraction of sp³-hybridized carbons (Fsp3) is 0.611. The fourth-order valence-corrected chi connectivity index (χ4v) is 2.93. The Bertz CT molecular complexity index is 427. The van der Waals surface area contributed by atoms with Gasteiger partial charge in [-0.3, -0.25) is 4.79 Å². The molecule has 1 heterocycles. The molecule has 2 rings (SSSR count). The Balaban J connectivity index is 1.74. The van der Waals surface area contributed by atoms with Crippen molar-refractivity contribution in [1.29, 1.82) is 0 Å². The molecule has 0 atom stereocenters. The fourth-order valence-electron chi connectivity index (χ4n) is 2.93. The van der Waals surface area contributed by atoms with Gasteiger partial charge >= 0.3 is 0 Å². The lowest BCUT2D eigenvalue weighted by Crippen LogP contribution is -2.40. The van der Waals surface area contributed by atoms with Gasteiger partial charge in [0.05, 0.1) is 0 Å². The molecule has 0 N–H and O–H groups in total. The number of aryl methyl sites for hydroxylation is 2. The molecular formula is C18H27NO. The van der Waals surface area contributed by atoms with E-state index in [2.05, 4.69) is 31.2 Å². The van der Waals surface area contributed by atoms with Crippen LogP contribution in [0.3, 0.4) is 0 Å². The number of carbonyl (C=O) groups excluding carboxylic acids is 1. The monoisotopic (exact) mass is 273 g/mol. The third kappa shape index (κ3) is 4.09. The van der Waals surface area contributed by atoms with E-state index in [1.54, 1.807) is 0 Å². The second-order valence-electron chi connectivity index (χ2n) is 6.45. The van der Waals surface area contributed by atoms with Gasteiger partial charge in [-0.05, 0) is 44.1 Å². The molecule has 110 valence electrons. The highest BCUT2D eigenvalue weighted by molar-refractivity contribution is 5.78. The van der Waals surface area contributed by atoms with Crippen LogP contribution in [0.5, 0.6) is 0 Å². The van der Waals surface area contributed by atoms with Gasteiger partial charge in [0.2, 0.25) is 5.91 Å². The Morgan fingerprint density at radius 1 is 1.20 bits per heavy atom. The number of rotatable bonds is 4. The van der Waals surface area contributed by atoms with E-state index in [-0.39, 0.29) is 5.92 Å². The van der Waals surface area contributed by atoms with Crippen molar-refractivity contribution in [3.63, 3.8) is 0 Å². The maximum absolute atomic E-state index is 11.9. The highest BCUT2D eigenvalue weighted by Crippen LogP contribution is 2.23. The molecule has 1 aliphatic rings. The zero-order valence-corrected chi connectivity index (χ0v) is 13.1. The Morgan fingerprint density at radius 2 is 1.80 bits per heavy atom. The summed E-state index contributed by atoms with van der Waals surface area (Å²) >= 11 is 0. The molecule has 0 unspecified atom stereocenters. The first-order valence-corrected chi connectivity index (χ1v) is 7.90. The van der Waals surface area contributed by atoms with Gasteiger partial charge < -0.3 is 4.90 Å². The zero-order chi connectivity index (χ0) is 14.5. The van der Waals surface area contributed by atoms with Crippen molar-refractivity contribution in [2.75, 3.05) is 13.1 Å². The predicted octanol–water partition coefficient (Wildman–Crippen LogP) is 3.82. The molecule has 0 aromatic heterocycles. The lowest BCUT2D eigenvalue weighted by Gasteiger charge is -2.33. The van der Waals surface area contributed by atoms with Gasteiger partial charge in [0.15, 0.2) is 0 Å². The van der Waals surface area contributed by atoms with Crippen LogP contribution in [-0.2, 0) is 11.2 Å². The molecule has 1 aromatic rings. The van der Waals surface area contributed by atoms with Crippen LogP contribution in [0.4, 0.5) is 0 Å².